The van der Waals surface area contributed by atoms with Crippen LogP contribution in [0.2, 0.25) is 0 Å². The normalized spacial score (nSPS) is 14.4. The van der Waals surface area contributed by atoms with Gasteiger partial charge in [0.25, 0.3) is 5.91 Å². The maximum Gasteiger partial charge on any atom is 0.251 e. The second kappa shape index (κ2) is 7.49. The molecule has 6 nitrogen and oxygen atoms in total. The number of carbonyl (C=O) groups excluding carboxylic acids is 1. The molecule has 0 unspecified atom stereocenters. The van der Waals surface area contributed by atoms with Crippen LogP contribution >= 0.6 is 0 Å². The molecule has 26 heavy (non-hydrogen) atoms. The highest BCUT2D eigenvalue weighted by molar-refractivity contribution is 5.98. The lowest BCUT2D eigenvalue weighted by Gasteiger charge is -2.26. The third-order valence-corrected chi connectivity index (χ3v) is 4.44. The van der Waals surface area contributed by atoms with Crippen LogP contribution in [0.4, 0.5) is 5.95 Å². The molecule has 1 aromatic heterocycles. The van der Waals surface area contributed by atoms with Gasteiger partial charge in [0, 0.05) is 24.8 Å². The van der Waals surface area contributed by atoms with Crippen molar-refractivity contribution in [1.29, 1.82) is 0 Å². The lowest BCUT2D eigenvalue weighted by atomic mass is 10.1. The standard InChI is InChI=1S/C20H20N4O2/c25-19(17-6-5-15-3-1-2-4-16(15)13-17)22-14-18-7-8-21-20(23-18)24-9-11-26-12-10-24/h1-8,13H,9-12,14H2,(H,22,25). The minimum absolute atomic E-state index is 0.109. The van der Waals surface area contributed by atoms with Crippen LogP contribution in [0.25, 0.3) is 10.8 Å². The van der Waals surface area contributed by atoms with Crippen LogP contribution in [0.5, 0.6) is 0 Å². The first-order valence-electron chi connectivity index (χ1n) is 8.71. The Morgan fingerprint density at radius 2 is 1.88 bits per heavy atom. The molecule has 0 aliphatic carbocycles. The van der Waals surface area contributed by atoms with Gasteiger partial charge in [0.15, 0.2) is 0 Å². The maximum absolute atomic E-state index is 12.5. The molecule has 1 fully saturated rings. The van der Waals surface area contributed by atoms with E-state index in [1.54, 1.807) is 6.20 Å². The number of nitrogens with one attached hydrogen (secondary N) is 1. The number of rotatable bonds is 4. The zero-order valence-electron chi connectivity index (χ0n) is 14.4. The molecule has 2 heterocycles. The van der Waals surface area contributed by atoms with Gasteiger partial charge in [-0.15, -0.1) is 0 Å². The van der Waals surface area contributed by atoms with Gasteiger partial charge in [-0.2, -0.15) is 0 Å². The first kappa shape index (κ1) is 16.5. The molecular weight excluding hydrogens is 328 g/mol. The van der Waals surface area contributed by atoms with Crippen molar-refractivity contribution >= 4 is 22.6 Å². The van der Waals surface area contributed by atoms with E-state index in [2.05, 4.69) is 20.2 Å². The SMILES string of the molecule is O=C(NCc1ccnc(N2CCOCC2)n1)c1ccc2ccccc2c1. The van der Waals surface area contributed by atoms with E-state index in [9.17, 15) is 4.79 Å². The van der Waals surface area contributed by atoms with Gasteiger partial charge in [-0.3, -0.25) is 4.79 Å². The van der Waals surface area contributed by atoms with E-state index in [0.717, 1.165) is 29.6 Å². The zero-order chi connectivity index (χ0) is 17.8. The number of morpholine rings is 1. The summed E-state index contributed by atoms with van der Waals surface area (Å²) in [7, 11) is 0. The van der Waals surface area contributed by atoms with Gasteiger partial charge in [0.1, 0.15) is 0 Å². The van der Waals surface area contributed by atoms with Crippen molar-refractivity contribution < 1.29 is 9.53 Å². The van der Waals surface area contributed by atoms with Crippen molar-refractivity contribution in [3.05, 3.63) is 66.0 Å². The first-order valence-corrected chi connectivity index (χ1v) is 8.71. The summed E-state index contributed by atoms with van der Waals surface area (Å²) < 4.78 is 5.36. The number of carbonyl (C=O) groups is 1. The van der Waals surface area contributed by atoms with E-state index in [4.69, 9.17) is 4.74 Å². The summed E-state index contributed by atoms with van der Waals surface area (Å²) in [6, 6.07) is 15.5. The molecule has 1 aliphatic rings. The van der Waals surface area contributed by atoms with Crippen molar-refractivity contribution in [3.63, 3.8) is 0 Å². The van der Waals surface area contributed by atoms with Crippen molar-refractivity contribution in [1.82, 2.24) is 15.3 Å². The van der Waals surface area contributed by atoms with Crippen molar-refractivity contribution in [2.45, 2.75) is 6.54 Å². The highest BCUT2D eigenvalue weighted by Gasteiger charge is 2.14. The van der Waals surface area contributed by atoms with Crippen LogP contribution in [0, 0.1) is 0 Å². The summed E-state index contributed by atoms with van der Waals surface area (Å²) in [6.07, 6.45) is 1.73. The third-order valence-electron chi connectivity index (χ3n) is 4.44. The van der Waals surface area contributed by atoms with Crippen LogP contribution in [-0.4, -0.2) is 42.2 Å². The van der Waals surface area contributed by atoms with Crippen LogP contribution in [0.15, 0.2) is 54.7 Å². The second-order valence-corrected chi connectivity index (χ2v) is 6.19. The molecule has 0 saturated carbocycles. The number of nitrogens with zero attached hydrogens (tertiary/aromatic N) is 3. The summed E-state index contributed by atoms with van der Waals surface area (Å²) >= 11 is 0. The molecule has 0 radical (unpaired) electrons. The molecule has 0 atom stereocenters. The average molecular weight is 348 g/mol. The van der Waals surface area contributed by atoms with E-state index < -0.39 is 0 Å². The van der Waals surface area contributed by atoms with E-state index >= 15 is 0 Å². The number of hydrogen-bond donors (Lipinski definition) is 1. The summed E-state index contributed by atoms with van der Waals surface area (Å²) in [5, 5.41) is 5.11. The fourth-order valence-corrected chi connectivity index (χ4v) is 3.00. The van der Waals surface area contributed by atoms with Gasteiger partial charge < -0.3 is 15.0 Å². The van der Waals surface area contributed by atoms with E-state index in [-0.39, 0.29) is 5.91 Å². The minimum atomic E-state index is -0.109. The van der Waals surface area contributed by atoms with Gasteiger partial charge in [0.2, 0.25) is 5.95 Å². The van der Waals surface area contributed by atoms with Crippen molar-refractivity contribution in [2.24, 2.45) is 0 Å². The monoisotopic (exact) mass is 348 g/mol. The van der Waals surface area contributed by atoms with E-state index in [0.29, 0.717) is 31.3 Å². The Bertz CT molecular complexity index is 922. The Hall–Kier alpha value is -2.99. The summed E-state index contributed by atoms with van der Waals surface area (Å²) in [5.74, 6) is 0.577. The Kier molecular flexibility index (Phi) is 4.75. The number of benzene rings is 2. The molecule has 6 heteroatoms. The lowest BCUT2D eigenvalue weighted by molar-refractivity contribution is 0.0950. The molecule has 3 aromatic rings. The predicted octanol–water partition coefficient (Wildman–Crippen LogP) is 2.40. The van der Waals surface area contributed by atoms with Gasteiger partial charge >= 0.3 is 0 Å². The van der Waals surface area contributed by atoms with Crippen molar-refractivity contribution in [2.75, 3.05) is 31.2 Å². The molecule has 132 valence electrons. The second-order valence-electron chi connectivity index (χ2n) is 6.19. The fourth-order valence-electron chi connectivity index (χ4n) is 3.00. The van der Waals surface area contributed by atoms with Crippen LogP contribution in [0.1, 0.15) is 16.1 Å². The van der Waals surface area contributed by atoms with Crippen LogP contribution in [0.3, 0.4) is 0 Å². The fraction of sp³-hybridized carbons (Fsp3) is 0.250. The summed E-state index contributed by atoms with van der Waals surface area (Å²) in [6.45, 7) is 3.31. The topological polar surface area (TPSA) is 67.4 Å². The lowest BCUT2D eigenvalue weighted by Crippen LogP contribution is -2.37. The molecule has 1 aliphatic heterocycles. The number of ether oxygens (including phenoxy) is 1. The predicted molar refractivity (Wildman–Crippen MR) is 100 cm³/mol. The smallest absolute Gasteiger partial charge is 0.251 e. The molecule has 1 N–H and O–H groups in total. The highest BCUT2D eigenvalue weighted by atomic mass is 16.5. The van der Waals surface area contributed by atoms with Gasteiger partial charge in [-0.25, -0.2) is 9.97 Å². The third kappa shape index (κ3) is 3.65. The Morgan fingerprint density at radius 1 is 1.08 bits per heavy atom. The van der Waals surface area contributed by atoms with Crippen LogP contribution in [-0.2, 0) is 11.3 Å². The number of hydrogen-bond acceptors (Lipinski definition) is 5. The quantitative estimate of drug-likeness (QED) is 0.784. The number of fused-ring (bicyclic) bond motifs is 1. The Labute approximate surface area is 151 Å². The Morgan fingerprint density at radius 3 is 2.73 bits per heavy atom. The Balaban J connectivity index is 1.43. The van der Waals surface area contributed by atoms with Gasteiger partial charge in [-0.05, 0) is 29.0 Å². The average Bonchev–Trinajstić information content (AvgIpc) is 2.72. The molecular formula is C20H20N4O2. The number of amides is 1. The molecule has 2 aromatic carbocycles. The van der Waals surface area contributed by atoms with E-state index in [1.807, 2.05) is 48.5 Å². The maximum atomic E-state index is 12.5. The summed E-state index contributed by atoms with van der Waals surface area (Å²) in [5.41, 5.74) is 1.43. The number of anilines is 1. The van der Waals surface area contributed by atoms with Crippen molar-refractivity contribution in [3.8, 4) is 0 Å². The summed E-state index contributed by atoms with van der Waals surface area (Å²) in [4.78, 5) is 23.4. The zero-order valence-corrected chi connectivity index (χ0v) is 14.4. The molecule has 1 amide bonds. The van der Waals surface area contributed by atoms with Gasteiger partial charge in [-0.1, -0.05) is 30.3 Å². The molecule has 0 spiro atoms. The first-order chi connectivity index (χ1) is 12.8. The number of aromatic nitrogens is 2. The van der Waals surface area contributed by atoms with E-state index in [1.165, 1.54) is 0 Å². The molecule has 4 rings (SSSR count). The van der Waals surface area contributed by atoms with Crippen LogP contribution < -0.4 is 10.2 Å². The largest absolute Gasteiger partial charge is 0.378 e. The van der Waals surface area contributed by atoms with Gasteiger partial charge in [0.05, 0.1) is 25.5 Å². The molecule has 1 saturated heterocycles. The highest BCUT2D eigenvalue weighted by Crippen LogP contribution is 2.16. The minimum Gasteiger partial charge on any atom is -0.378 e. The molecule has 0 bridgehead atoms.